The average molecular weight is 386 g/mol. The molecule has 0 bridgehead atoms. The van der Waals surface area contributed by atoms with Gasteiger partial charge in [-0.05, 0) is 55.1 Å². The van der Waals surface area contributed by atoms with Crippen molar-refractivity contribution < 1.29 is 9.53 Å². The quantitative estimate of drug-likeness (QED) is 0.847. The second-order valence-corrected chi connectivity index (χ2v) is 7.85. The number of fused-ring (bicyclic) bond motifs is 1. The van der Waals surface area contributed by atoms with E-state index in [1.54, 1.807) is 18.2 Å². The van der Waals surface area contributed by atoms with Crippen molar-refractivity contribution in [2.75, 3.05) is 13.1 Å². The number of benzene rings is 2. The minimum atomic E-state index is -0.546. The first-order valence-electron chi connectivity index (χ1n) is 9.36. The van der Waals surface area contributed by atoms with Gasteiger partial charge in [0.2, 0.25) is 0 Å². The highest BCUT2D eigenvalue weighted by Crippen LogP contribution is 2.39. The van der Waals surface area contributed by atoms with Gasteiger partial charge in [-0.3, -0.25) is 9.69 Å². The van der Waals surface area contributed by atoms with Gasteiger partial charge >= 0.3 is 0 Å². The lowest BCUT2D eigenvalue weighted by atomic mass is 10.0. The Morgan fingerprint density at radius 2 is 2.04 bits per heavy atom. The molecule has 2 aliphatic rings. The van der Waals surface area contributed by atoms with Crippen LogP contribution in [-0.2, 0) is 6.42 Å². The lowest BCUT2D eigenvalue weighted by Crippen LogP contribution is -2.49. The Bertz CT molecular complexity index is 857. The van der Waals surface area contributed by atoms with Crippen molar-refractivity contribution in [2.45, 2.75) is 37.5 Å². The minimum Gasteiger partial charge on any atom is -0.483 e. The number of hydrogen-bond acceptors (Lipinski definition) is 4. The maximum atomic E-state index is 11.9. The first kappa shape index (κ1) is 18.3. The molecule has 0 radical (unpaired) electrons. The van der Waals surface area contributed by atoms with E-state index in [9.17, 15) is 4.79 Å². The summed E-state index contributed by atoms with van der Waals surface area (Å²) in [5.74, 6) is -0.0739. The monoisotopic (exact) mass is 385 g/mol. The van der Waals surface area contributed by atoms with Crippen LogP contribution in [0.25, 0.3) is 0 Å². The summed E-state index contributed by atoms with van der Waals surface area (Å²) in [6.45, 7) is 1.87. The van der Waals surface area contributed by atoms with Gasteiger partial charge in [0.25, 0.3) is 5.91 Å². The van der Waals surface area contributed by atoms with Crippen molar-refractivity contribution in [3.63, 3.8) is 0 Å². The van der Waals surface area contributed by atoms with E-state index in [1.807, 2.05) is 6.07 Å². The summed E-state index contributed by atoms with van der Waals surface area (Å²) in [5.41, 5.74) is 14.5. The van der Waals surface area contributed by atoms with E-state index in [4.69, 9.17) is 27.8 Å². The summed E-state index contributed by atoms with van der Waals surface area (Å²) in [7, 11) is 0. The van der Waals surface area contributed by atoms with Crippen LogP contribution in [0.5, 0.6) is 5.75 Å². The van der Waals surface area contributed by atoms with Crippen molar-refractivity contribution in [1.82, 2.24) is 4.90 Å². The number of likely N-dealkylation sites (tertiary alicyclic amines) is 1. The Morgan fingerprint density at radius 1 is 1.22 bits per heavy atom. The van der Waals surface area contributed by atoms with Crippen LogP contribution in [0.15, 0.2) is 42.5 Å². The standard InChI is InChI=1S/C21H24ClN3O2/c22-14-7-8-19(17(11-14)21(24)26)27-20-16-6-2-1-4-13(16)10-18(20)25-9-3-5-15(23)12-25/h1-2,4,6-8,11,15,18,20H,3,5,9-10,12,23H2,(H2,24,26). The predicted octanol–water partition coefficient (Wildman–Crippen LogP) is 2.91. The fourth-order valence-electron chi connectivity index (χ4n) is 4.28. The van der Waals surface area contributed by atoms with Gasteiger partial charge in [-0.25, -0.2) is 0 Å². The van der Waals surface area contributed by atoms with Crippen molar-refractivity contribution in [3.8, 4) is 5.75 Å². The van der Waals surface area contributed by atoms with Crippen molar-refractivity contribution in [1.29, 1.82) is 0 Å². The number of halogens is 1. The normalized spacial score (nSPS) is 25.2. The van der Waals surface area contributed by atoms with E-state index in [1.165, 1.54) is 5.56 Å². The molecule has 3 unspecified atom stereocenters. The van der Waals surface area contributed by atoms with E-state index in [2.05, 4.69) is 23.1 Å². The zero-order valence-corrected chi connectivity index (χ0v) is 15.9. The van der Waals surface area contributed by atoms with E-state index >= 15 is 0 Å². The molecule has 142 valence electrons. The summed E-state index contributed by atoms with van der Waals surface area (Å²) < 4.78 is 6.41. The second kappa shape index (κ2) is 7.50. The van der Waals surface area contributed by atoms with Gasteiger partial charge < -0.3 is 16.2 Å². The van der Waals surface area contributed by atoms with Crippen LogP contribution in [0.4, 0.5) is 0 Å². The molecule has 6 heteroatoms. The topological polar surface area (TPSA) is 81.6 Å². The number of carbonyl (C=O) groups excluding carboxylic acids is 1. The fourth-order valence-corrected chi connectivity index (χ4v) is 4.45. The zero-order valence-electron chi connectivity index (χ0n) is 15.1. The highest BCUT2D eigenvalue weighted by Gasteiger charge is 2.39. The fraction of sp³-hybridized carbons (Fsp3) is 0.381. The molecule has 2 aromatic carbocycles. The lowest BCUT2D eigenvalue weighted by molar-refractivity contribution is 0.0585. The molecule has 0 aromatic heterocycles. The molecule has 1 heterocycles. The highest BCUT2D eigenvalue weighted by atomic mass is 35.5. The van der Waals surface area contributed by atoms with Crippen molar-refractivity contribution in [3.05, 3.63) is 64.2 Å². The molecule has 1 saturated heterocycles. The average Bonchev–Trinajstić information content (AvgIpc) is 3.02. The minimum absolute atomic E-state index is 0.175. The van der Waals surface area contributed by atoms with Crippen LogP contribution in [0.2, 0.25) is 5.02 Å². The molecule has 1 aliphatic heterocycles. The van der Waals surface area contributed by atoms with E-state index in [-0.39, 0.29) is 18.2 Å². The number of primary amides is 1. The molecule has 1 aliphatic carbocycles. The molecule has 0 saturated carbocycles. The van der Waals surface area contributed by atoms with Gasteiger partial charge in [0.1, 0.15) is 11.9 Å². The van der Waals surface area contributed by atoms with Crippen molar-refractivity contribution >= 4 is 17.5 Å². The Kier molecular flexibility index (Phi) is 5.08. The number of nitrogens with zero attached hydrogens (tertiary/aromatic N) is 1. The third-order valence-electron chi connectivity index (χ3n) is 5.56. The largest absolute Gasteiger partial charge is 0.483 e. The first-order chi connectivity index (χ1) is 13.0. The number of piperidine rings is 1. The number of hydrogen-bond donors (Lipinski definition) is 2. The Labute approximate surface area is 164 Å². The smallest absolute Gasteiger partial charge is 0.252 e. The second-order valence-electron chi connectivity index (χ2n) is 7.41. The third kappa shape index (κ3) is 3.68. The number of carbonyl (C=O) groups is 1. The first-order valence-corrected chi connectivity index (χ1v) is 9.74. The van der Waals surface area contributed by atoms with Crippen LogP contribution < -0.4 is 16.2 Å². The van der Waals surface area contributed by atoms with E-state index in [0.29, 0.717) is 16.3 Å². The van der Waals surface area contributed by atoms with Gasteiger partial charge in [0, 0.05) is 17.6 Å². The Morgan fingerprint density at radius 3 is 2.81 bits per heavy atom. The summed E-state index contributed by atoms with van der Waals surface area (Å²) in [6.07, 6.45) is 2.89. The molecular weight excluding hydrogens is 362 g/mol. The summed E-state index contributed by atoms with van der Waals surface area (Å²) in [6, 6.07) is 13.7. The SMILES string of the molecule is NC(=O)c1cc(Cl)ccc1OC1c2ccccc2CC1N1CCCC(N)C1. The number of rotatable bonds is 4. The molecule has 4 N–H and O–H groups in total. The molecular formula is C21H24ClN3O2. The molecule has 5 nitrogen and oxygen atoms in total. The molecule has 4 rings (SSSR count). The predicted molar refractivity (Wildman–Crippen MR) is 106 cm³/mol. The van der Waals surface area contributed by atoms with Gasteiger partial charge in [-0.2, -0.15) is 0 Å². The molecule has 2 aromatic rings. The molecule has 3 atom stereocenters. The van der Waals surface area contributed by atoms with Crippen LogP contribution in [0, 0.1) is 0 Å². The van der Waals surface area contributed by atoms with Crippen LogP contribution in [0.3, 0.4) is 0 Å². The van der Waals surface area contributed by atoms with Crippen LogP contribution in [-0.4, -0.2) is 36.0 Å². The Balaban J connectivity index is 1.68. The van der Waals surface area contributed by atoms with Crippen LogP contribution >= 0.6 is 11.6 Å². The summed E-state index contributed by atoms with van der Waals surface area (Å²) in [5, 5.41) is 0.460. The Hall–Kier alpha value is -2.08. The van der Waals surface area contributed by atoms with E-state index < -0.39 is 5.91 Å². The van der Waals surface area contributed by atoms with Gasteiger partial charge in [0.15, 0.2) is 0 Å². The zero-order chi connectivity index (χ0) is 19.0. The number of amides is 1. The summed E-state index contributed by atoms with van der Waals surface area (Å²) in [4.78, 5) is 14.3. The van der Waals surface area contributed by atoms with E-state index in [0.717, 1.165) is 37.9 Å². The maximum absolute atomic E-state index is 11.9. The number of ether oxygens (including phenoxy) is 1. The molecule has 1 amide bonds. The third-order valence-corrected chi connectivity index (χ3v) is 5.79. The highest BCUT2D eigenvalue weighted by molar-refractivity contribution is 6.31. The molecule has 0 spiro atoms. The van der Waals surface area contributed by atoms with Gasteiger partial charge in [-0.1, -0.05) is 35.9 Å². The van der Waals surface area contributed by atoms with Gasteiger partial charge in [0.05, 0.1) is 11.6 Å². The summed E-state index contributed by atoms with van der Waals surface area (Å²) >= 11 is 6.04. The van der Waals surface area contributed by atoms with Crippen molar-refractivity contribution in [2.24, 2.45) is 11.5 Å². The lowest BCUT2D eigenvalue weighted by Gasteiger charge is -2.38. The van der Waals surface area contributed by atoms with Crippen LogP contribution in [0.1, 0.15) is 40.4 Å². The maximum Gasteiger partial charge on any atom is 0.252 e. The molecule has 27 heavy (non-hydrogen) atoms. The molecule has 1 fully saturated rings. The van der Waals surface area contributed by atoms with Gasteiger partial charge in [-0.15, -0.1) is 0 Å². The number of nitrogens with two attached hydrogens (primary N) is 2.